The van der Waals surface area contributed by atoms with E-state index in [9.17, 15) is 4.57 Å². The summed E-state index contributed by atoms with van der Waals surface area (Å²) in [6.45, 7) is 4.28. The van der Waals surface area contributed by atoms with Crippen LogP contribution in [0, 0.1) is 5.92 Å². The lowest BCUT2D eigenvalue weighted by Crippen LogP contribution is -2.11. The minimum Gasteiger partial charge on any atom is -0.329 e. The smallest absolute Gasteiger partial charge is 0.200 e. The summed E-state index contributed by atoms with van der Waals surface area (Å²) >= 11 is 0. The Labute approximate surface area is 81.5 Å². The van der Waals surface area contributed by atoms with Crippen molar-refractivity contribution in [3.8, 4) is 0 Å². The van der Waals surface area contributed by atoms with Gasteiger partial charge in [-0.3, -0.25) is 4.57 Å². The van der Waals surface area contributed by atoms with Crippen molar-refractivity contribution in [2.75, 3.05) is 19.4 Å². The molecule has 1 atom stereocenters. The van der Waals surface area contributed by atoms with Crippen molar-refractivity contribution < 1.29 is 9.09 Å². The molecular formula is C10H21O2P. The Morgan fingerprint density at radius 2 is 1.92 bits per heavy atom. The molecule has 1 unspecified atom stereocenters. The van der Waals surface area contributed by atoms with Crippen LogP contribution in [-0.4, -0.2) is 19.4 Å². The Kier molecular flexibility index (Phi) is 4.48. The summed E-state index contributed by atoms with van der Waals surface area (Å²) in [5.74, 6) is 0.663. The van der Waals surface area contributed by atoms with Crippen molar-refractivity contribution in [2.24, 2.45) is 5.92 Å². The van der Waals surface area contributed by atoms with Gasteiger partial charge in [0.15, 0.2) is 7.37 Å². The summed E-state index contributed by atoms with van der Waals surface area (Å²) in [4.78, 5) is 0. The van der Waals surface area contributed by atoms with Gasteiger partial charge >= 0.3 is 0 Å². The van der Waals surface area contributed by atoms with Crippen molar-refractivity contribution in [1.82, 2.24) is 0 Å². The molecule has 0 heterocycles. The van der Waals surface area contributed by atoms with Crippen LogP contribution in [0.1, 0.15) is 39.0 Å². The quantitative estimate of drug-likeness (QED) is 0.655. The summed E-state index contributed by atoms with van der Waals surface area (Å²) in [6.07, 6.45) is 7.31. The third-order valence-corrected chi connectivity index (χ3v) is 4.70. The van der Waals surface area contributed by atoms with Gasteiger partial charge in [-0.1, -0.05) is 19.3 Å². The molecule has 0 aromatic rings. The van der Waals surface area contributed by atoms with Gasteiger partial charge in [0, 0.05) is 12.8 Å². The lowest BCUT2D eigenvalue weighted by atomic mass is 9.91. The zero-order valence-corrected chi connectivity index (χ0v) is 9.69. The van der Waals surface area contributed by atoms with E-state index >= 15 is 0 Å². The Hall–Kier alpha value is 0.190. The van der Waals surface area contributed by atoms with Gasteiger partial charge < -0.3 is 4.52 Å². The Morgan fingerprint density at radius 1 is 1.31 bits per heavy atom. The fourth-order valence-corrected chi connectivity index (χ4v) is 4.12. The van der Waals surface area contributed by atoms with Crippen LogP contribution in [0.2, 0.25) is 0 Å². The minimum absolute atomic E-state index is 0.584. The molecule has 0 saturated heterocycles. The van der Waals surface area contributed by atoms with E-state index in [0.717, 1.165) is 6.16 Å². The molecule has 0 N–H and O–H groups in total. The normalized spacial score (nSPS) is 24.2. The largest absolute Gasteiger partial charge is 0.329 e. The highest BCUT2D eigenvalue weighted by atomic mass is 31.2. The molecule has 1 aliphatic carbocycles. The predicted octanol–water partition coefficient (Wildman–Crippen LogP) is 3.51. The number of hydrogen-bond acceptors (Lipinski definition) is 2. The molecule has 0 bridgehead atoms. The first-order valence-electron chi connectivity index (χ1n) is 5.35. The zero-order chi connectivity index (χ0) is 9.73. The number of rotatable bonds is 4. The molecule has 0 aliphatic heterocycles. The summed E-state index contributed by atoms with van der Waals surface area (Å²) in [5.41, 5.74) is 0. The van der Waals surface area contributed by atoms with Gasteiger partial charge in [-0.05, 0) is 25.7 Å². The first kappa shape index (κ1) is 11.3. The third-order valence-electron chi connectivity index (χ3n) is 2.72. The van der Waals surface area contributed by atoms with Crippen LogP contribution in [0.15, 0.2) is 0 Å². The first-order chi connectivity index (χ1) is 6.14. The van der Waals surface area contributed by atoms with Gasteiger partial charge in [-0.25, -0.2) is 0 Å². The van der Waals surface area contributed by atoms with Gasteiger partial charge in [0.2, 0.25) is 0 Å². The van der Waals surface area contributed by atoms with Crippen molar-refractivity contribution in [2.45, 2.75) is 39.0 Å². The minimum atomic E-state index is -2.26. The number of hydrogen-bond donors (Lipinski definition) is 0. The van der Waals surface area contributed by atoms with Crippen LogP contribution in [0.5, 0.6) is 0 Å². The molecule has 3 heteroatoms. The molecule has 0 amide bonds. The van der Waals surface area contributed by atoms with E-state index in [1.807, 2.05) is 6.92 Å². The summed E-state index contributed by atoms with van der Waals surface area (Å²) < 4.78 is 17.1. The standard InChI is InChI=1S/C10H21O2P/c1-3-12-13(2,11)9-10-7-5-4-6-8-10/h10H,3-9H2,1-2H3. The molecular weight excluding hydrogens is 183 g/mol. The van der Waals surface area contributed by atoms with Crippen LogP contribution in [0.25, 0.3) is 0 Å². The molecule has 0 aromatic heterocycles. The summed E-state index contributed by atoms with van der Waals surface area (Å²) in [6, 6.07) is 0. The van der Waals surface area contributed by atoms with Crippen LogP contribution >= 0.6 is 7.37 Å². The highest BCUT2D eigenvalue weighted by molar-refractivity contribution is 7.58. The van der Waals surface area contributed by atoms with Crippen LogP contribution in [0.3, 0.4) is 0 Å². The molecule has 0 spiro atoms. The molecule has 78 valence electrons. The van der Waals surface area contributed by atoms with Crippen LogP contribution in [-0.2, 0) is 9.09 Å². The Bertz CT molecular complexity index is 185. The molecule has 0 aromatic carbocycles. The molecule has 1 rings (SSSR count). The Morgan fingerprint density at radius 3 is 2.46 bits per heavy atom. The fourth-order valence-electron chi connectivity index (χ4n) is 2.16. The second-order valence-corrected chi connectivity index (χ2v) is 6.77. The molecule has 1 aliphatic rings. The lowest BCUT2D eigenvalue weighted by Gasteiger charge is -2.24. The monoisotopic (exact) mass is 204 g/mol. The Balaban J connectivity index is 2.32. The molecule has 1 fully saturated rings. The van der Waals surface area contributed by atoms with Gasteiger partial charge in [-0.2, -0.15) is 0 Å². The van der Waals surface area contributed by atoms with Crippen LogP contribution in [0.4, 0.5) is 0 Å². The van der Waals surface area contributed by atoms with Gasteiger partial charge in [0.05, 0.1) is 6.61 Å². The van der Waals surface area contributed by atoms with E-state index in [1.165, 1.54) is 32.1 Å². The second kappa shape index (κ2) is 5.17. The predicted molar refractivity (Wildman–Crippen MR) is 56.6 cm³/mol. The summed E-state index contributed by atoms with van der Waals surface area (Å²) in [7, 11) is -2.26. The van der Waals surface area contributed by atoms with E-state index in [-0.39, 0.29) is 0 Å². The van der Waals surface area contributed by atoms with Crippen molar-refractivity contribution >= 4 is 7.37 Å². The first-order valence-corrected chi connectivity index (χ1v) is 7.61. The topological polar surface area (TPSA) is 26.3 Å². The van der Waals surface area contributed by atoms with E-state index in [1.54, 1.807) is 6.66 Å². The van der Waals surface area contributed by atoms with E-state index in [2.05, 4.69) is 0 Å². The fraction of sp³-hybridized carbons (Fsp3) is 1.00. The van der Waals surface area contributed by atoms with Gasteiger partial charge in [0.25, 0.3) is 0 Å². The molecule has 13 heavy (non-hydrogen) atoms. The highest BCUT2D eigenvalue weighted by Gasteiger charge is 2.23. The lowest BCUT2D eigenvalue weighted by molar-refractivity contribution is 0.319. The SMILES string of the molecule is CCOP(C)(=O)CC1CCCCC1. The van der Waals surface area contributed by atoms with Crippen molar-refractivity contribution in [3.05, 3.63) is 0 Å². The van der Waals surface area contributed by atoms with Gasteiger partial charge in [0.1, 0.15) is 0 Å². The molecule has 2 nitrogen and oxygen atoms in total. The van der Waals surface area contributed by atoms with Crippen molar-refractivity contribution in [3.63, 3.8) is 0 Å². The van der Waals surface area contributed by atoms with E-state index in [0.29, 0.717) is 12.5 Å². The van der Waals surface area contributed by atoms with Crippen molar-refractivity contribution in [1.29, 1.82) is 0 Å². The average Bonchev–Trinajstić information content (AvgIpc) is 2.04. The van der Waals surface area contributed by atoms with E-state index in [4.69, 9.17) is 4.52 Å². The second-order valence-electron chi connectivity index (χ2n) is 4.12. The summed E-state index contributed by atoms with van der Waals surface area (Å²) in [5, 5.41) is 0. The highest BCUT2D eigenvalue weighted by Crippen LogP contribution is 2.46. The molecule has 1 saturated carbocycles. The zero-order valence-electron chi connectivity index (χ0n) is 8.79. The van der Waals surface area contributed by atoms with E-state index < -0.39 is 7.37 Å². The maximum atomic E-state index is 11.9. The van der Waals surface area contributed by atoms with Gasteiger partial charge in [-0.15, -0.1) is 0 Å². The van der Waals surface area contributed by atoms with Crippen LogP contribution < -0.4 is 0 Å². The maximum Gasteiger partial charge on any atom is 0.200 e. The third kappa shape index (κ3) is 4.28. The maximum absolute atomic E-state index is 11.9. The average molecular weight is 204 g/mol. The molecule has 0 radical (unpaired) electrons.